The number of rotatable bonds is 5. The lowest BCUT2D eigenvalue weighted by molar-refractivity contribution is -0.124. The van der Waals surface area contributed by atoms with E-state index in [-0.39, 0.29) is 17.4 Å². The highest BCUT2D eigenvalue weighted by Crippen LogP contribution is 2.23. The molecule has 2 fully saturated rings. The molecular formula is C18H25NO4S. The second-order valence-electron chi connectivity index (χ2n) is 6.84. The molecule has 1 N–H and O–H groups in total. The Hall–Kier alpha value is -1.56. The Labute approximate surface area is 143 Å². The predicted octanol–water partition coefficient (Wildman–Crippen LogP) is 2.45. The van der Waals surface area contributed by atoms with Crippen LogP contribution in [-0.2, 0) is 21.2 Å². The summed E-state index contributed by atoms with van der Waals surface area (Å²) in [5.74, 6) is 0.409. The summed E-state index contributed by atoms with van der Waals surface area (Å²) >= 11 is 0. The van der Waals surface area contributed by atoms with Crippen molar-refractivity contribution < 1.29 is 17.9 Å². The summed E-state index contributed by atoms with van der Waals surface area (Å²) in [5.41, 5.74) is 0.986. The van der Waals surface area contributed by atoms with Gasteiger partial charge in [-0.2, -0.15) is 0 Å². The van der Waals surface area contributed by atoms with Gasteiger partial charge in [0.2, 0.25) is 5.91 Å². The molecule has 1 amide bonds. The number of nitrogens with one attached hydrogen (secondary N) is 1. The van der Waals surface area contributed by atoms with Crippen molar-refractivity contribution >= 4 is 15.7 Å². The van der Waals surface area contributed by atoms with Crippen LogP contribution in [0.4, 0.5) is 0 Å². The second kappa shape index (κ2) is 7.55. The number of hydrogen-bond acceptors (Lipinski definition) is 4. The van der Waals surface area contributed by atoms with Gasteiger partial charge in [0.05, 0.1) is 23.5 Å². The van der Waals surface area contributed by atoms with Crippen LogP contribution >= 0.6 is 0 Å². The number of hydrogen-bond donors (Lipinski definition) is 1. The van der Waals surface area contributed by atoms with Crippen LogP contribution in [0.1, 0.15) is 44.1 Å². The SMILES string of the molecule is O=C(NCc1ccc(OC2CCCCC2)cc1)C1CCS(=O)(=O)C1. The van der Waals surface area contributed by atoms with Gasteiger partial charge in [-0.15, -0.1) is 0 Å². The number of carbonyl (C=O) groups excluding carboxylic acids is 1. The topological polar surface area (TPSA) is 72.5 Å². The first-order valence-electron chi connectivity index (χ1n) is 8.75. The minimum absolute atomic E-state index is 0.0208. The molecule has 1 aromatic carbocycles. The molecule has 132 valence electrons. The Balaban J connectivity index is 1.46. The quantitative estimate of drug-likeness (QED) is 0.884. The first kappa shape index (κ1) is 17.3. The minimum Gasteiger partial charge on any atom is -0.490 e. The van der Waals surface area contributed by atoms with Gasteiger partial charge in [-0.05, 0) is 49.8 Å². The predicted molar refractivity (Wildman–Crippen MR) is 92.6 cm³/mol. The van der Waals surface area contributed by atoms with Crippen LogP contribution in [0.2, 0.25) is 0 Å². The van der Waals surface area contributed by atoms with E-state index < -0.39 is 15.8 Å². The average molecular weight is 351 g/mol. The summed E-state index contributed by atoms with van der Waals surface area (Å²) < 4.78 is 28.8. The highest BCUT2D eigenvalue weighted by molar-refractivity contribution is 7.91. The second-order valence-corrected chi connectivity index (χ2v) is 9.07. The van der Waals surface area contributed by atoms with E-state index in [9.17, 15) is 13.2 Å². The maximum Gasteiger partial charge on any atom is 0.224 e. The zero-order valence-corrected chi connectivity index (χ0v) is 14.7. The molecular weight excluding hydrogens is 326 g/mol. The van der Waals surface area contributed by atoms with Gasteiger partial charge < -0.3 is 10.1 Å². The third-order valence-electron chi connectivity index (χ3n) is 4.85. The molecule has 24 heavy (non-hydrogen) atoms. The van der Waals surface area contributed by atoms with Crippen LogP contribution in [0.5, 0.6) is 5.75 Å². The van der Waals surface area contributed by atoms with Gasteiger partial charge in [-0.25, -0.2) is 8.42 Å². The lowest BCUT2D eigenvalue weighted by Crippen LogP contribution is -2.30. The van der Waals surface area contributed by atoms with Gasteiger partial charge in [0.1, 0.15) is 5.75 Å². The highest BCUT2D eigenvalue weighted by Gasteiger charge is 2.32. The average Bonchev–Trinajstić information content (AvgIpc) is 2.95. The number of amides is 1. The Kier molecular flexibility index (Phi) is 5.43. The molecule has 3 rings (SSSR count). The van der Waals surface area contributed by atoms with E-state index in [1.807, 2.05) is 24.3 Å². The Morgan fingerprint density at radius 3 is 2.42 bits per heavy atom. The first-order chi connectivity index (χ1) is 11.5. The molecule has 1 atom stereocenters. The minimum atomic E-state index is -3.02. The van der Waals surface area contributed by atoms with Crippen molar-refractivity contribution in [3.05, 3.63) is 29.8 Å². The van der Waals surface area contributed by atoms with Crippen LogP contribution in [-0.4, -0.2) is 31.9 Å². The van der Waals surface area contributed by atoms with E-state index >= 15 is 0 Å². The van der Waals surface area contributed by atoms with Crippen molar-refractivity contribution in [3.63, 3.8) is 0 Å². The Bertz CT molecular complexity index is 663. The zero-order valence-electron chi connectivity index (χ0n) is 13.9. The van der Waals surface area contributed by atoms with Crippen molar-refractivity contribution in [2.75, 3.05) is 11.5 Å². The van der Waals surface area contributed by atoms with Gasteiger partial charge in [0, 0.05) is 6.54 Å². The number of sulfone groups is 1. The zero-order chi connectivity index (χ0) is 17.0. The summed E-state index contributed by atoms with van der Waals surface area (Å²) in [6.45, 7) is 0.416. The monoisotopic (exact) mass is 351 g/mol. The third-order valence-corrected chi connectivity index (χ3v) is 6.62. The van der Waals surface area contributed by atoms with Gasteiger partial charge in [-0.1, -0.05) is 18.6 Å². The van der Waals surface area contributed by atoms with E-state index in [0.717, 1.165) is 24.2 Å². The smallest absolute Gasteiger partial charge is 0.224 e. The fourth-order valence-corrected chi connectivity index (χ4v) is 5.14. The molecule has 5 nitrogen and oxygen atoms in total. The molecule has 1 saturated carbocycles. The van der Waals surface area contributed by atoms with Crippen molar-refractivity contribution in [1.29, 1.82) is 0 Å². The standard InChI is InChI=1S/C18H25NO4S/c20-18(15-10-11-24(21,22)13-15)19-12-14-6-8-17(9-7-14)23-16-4-2-1-3-5-16/h6-9,15-16H,1-5,10-13H2,(H,19,20). The fourth-order valence-electron chi connectivity index (χ4n) is 3.40. The molecule has 0 spiro atoms. The number of benzene rings is 1. The lowest BCUT2D eigenvalue weighted by Gasteiger charge is -2.23. The largest absolute Gasteiger partial charge is 0.490 e. The van der Waals surface area contributed by atoms with Gasteiger partial charge in [-0.3, -0.25) is 4.79 Å². The van der Waals surface area contributed by atoms with Gasteiger partial charge >= 0.3 is 0 Å². The van der Waals surface area contributed by atoms with Crippen LogP contribution in [0.3, 0.4) is 0 Å². The Morgan fingerprint density at radius 1 is 1.08 bits per heavy atom. The molecule has 1 aromatic rings. The normalized spacial score (nSPS) is 23.8. The molecule has 1 aliphatic carbocycles. The maximum atomic E-state index is 12.0. The summed E-state index contributed by atoms with van der Waals surface area (Å²) in [6.07, 6.45) is 6.80. The van der Waals surface area contributed by atoms with E-state index in [1.54, 1.807) is 0 Å². The third kappa shape index (κ3) is 4.72. The van der Waals surface area contributed by atoms with Crippen LogP contribution < -0.4 is 10.1 Å². The van der Waals surface area contributed by atoms with Crippen molar-refractivity contribution in [2.45, 2.75) is 51.2 Å². The molecule has 0 radical (unpaired) electrons. The van der Waals surface area contributed by atoms with Crippen molar-refractivity contribution in [2.24, 2.45) is 5.92 Å². The highest BCUT2D eigenvalue weighted by atomic mass is 32.2. The molecule has 1 aliphatic heterocycles. The summed E-state index contributed by atoms with van der Waals surface area (Å²) in [7, 11) is -3.02. The fraction of sp³-hybridized carbons (Fsp3) is 0.611. The first-order valence-corrected chi connectivity index (χ1v) is 10.6. The summed E-state index contributed by atoms with van der Waals surface area (Å²) in [4.78, 5) is 12.0. The van der Waals surface area contributed by atoms with Crippen LogP contribution in [0.15, 0.2) is 24.3 Å². The van der Waals surface area contributed by atoms with E-state index in [2.05, 4.69) is 5.32 Å². The molecule has 1 saturated heterocycles. The molecule has 2 aliphatic rings. The molecule has 0 aromatic heterocycles. The van der Waals surface area contributed by atoms with E-state index in [1.165, 1.54) is 19.3 Å². The molecule has 1 unspecified atom stereocenters. The van der Waals surface area contributed by atoms with E-state index in [4.69, 9.17) is 4.74 Å². The van der Waals surface area contributed by atoms with E-state index in [0.29, 0.717) is 19.1 Å². The van der Waals surface area contributed by atoms with Gasteiger partial charge in [0.15, 0.2) is 9.84 Å². The van der Waals surface area contributed by atoms with Crippen LogP contribution in [0.25, 0.3) is 0 Å². The molecule has 0 bridgehead atoms. The van der Waals surface area contributed by atoms with Crippen molar-refractivity contribution in [3.8, 4) is 5.75 Å². The Morgan fingerprint density at radius 2 is 1.79 bits per heavy atom. The molecule has 1 heterocycles. The van der Waals surface area contributed by atoms with Gasteiger partial charge in [0.25, 0.3) is 0 Å². The number of carbonyl (C=O) groups is 1. The van der Waals surface area contributed by atoms with Crippen molar-refractivity contribution in [1.82, 2.24) is 5.32 Å². The lowest BCUT2D eigenvalue weighted by atomic mass is 9.98. The van der Waals surface area contributed by atoms with Crippen LogP contribution in [0, 0.1) is 5.92 Å². The summed E-state index contributed by atoms with van der Waals surface area (Å²) in [6, 6.07) is 7.78. The molecule has 6 heteroatoms. The summed E-state index contributed by atoms with van der Waals surface area (Å²) in [5, 5.41) is 2.84. The number of ether oxygens (including phenoxy) is 1. The maximum absolute atomic E-state index is 12.0.